The van der Waals surface area contributed by atoms with Crippen LogP contribution in [0.2, 0.25) is 0 Å². The van der Waals surface area contributed by atoms with Gasteiger partial charge in [0.1, 0.15) is 6.61 Å². The van der Waals surface area contributed by atoms with Crippen LogP contribution < -0.4 is 4.90 Å². The number of anilines is 1. The van der Waals surface area contributed by atoms with Crippen molar-refractivity contribution in [1.29, 1.82) is 0 Å². The van der Waals surface area contributed by atoms with Crippen LogP contribution in [0.15, 0.2) is 24.3 Å². The van der Waals surface area contributed by atoms with E-state index >= 15 is 0 Å². The molecule has 1 fully saturated rings. The largest absolute Gasteiger partial charge is 0.375 e. The van der Waals surface area contributed by atoms with Crippen LogP contribution in [0.25, 0.3) is 0 Å². The first-order chi connectivity index (χ1) is 11.0. The smallest absolute Gasteiger partial charge is 0.253 e. The Morgan fingerprint density at radius 1 is 1.35 bits per heavy atom. The van der Waals surface area contributed by atoms with Crippen LogP contribution in [0.5, 0.6) is 0 Å². The third-order valence-electron chi connectivity index (χ3n) is 4.36. The molecule has 0 atom stereocenters. The van der Waals surface area contributed by atoms with Gasteiger partial charge in [-0.15, -0.1) is 0 Å². The van der Waals surface area contributed by atoms with Crippen LogP contribution >= 0.6 is 0 Å². The number of piperidine rings is 1. The van der Waals surface area contributed by atoms with Gasteiger partial charge in [-0.25, -0.2) is 0 Å². The lowest BCUT2D eigenvalue weighted by Crippen LogP contribution is -2.49. The zero-order valence-corrected chi connectivity index (χ0v) is 14.9. The van der Waals surface area contributed by atoms with Crippen molar-refractivity contribution in [2.24, 2.45) is 5.92 Å². The number of carbonyl (C=O) groups is 1. The molecule has 1 aromatic rings. The minimum atomic E-state index is 0.0559. The van der Waals surface area contributed by atoms with E-state index in [4.69, 9.17) is 4.74 Å². The Labute approximate surface area is 140 Å². The van der Waals surface area contributed by atoms with E-state index in [0.29, 0.717) is 5.92 Å². The average Bonchev–Trinajstić information content (AvgIpc) is 2.49. The fourth-order valence-corrected chi connectivity index (χ4v) is 3.41. The average molecular weight is 318 g/mol. The highest BCUT2D eigenvalue weighted by Crippen LogP contribution is 2.25. The monoisotopic (exact) mass is 318 g/mol. The number of likely N-dealkylation sites (tertiary alicyclic amines) is 1. The van der Waals surface area contributed by atoms with Crippen LogP contribution in [0.1, 0.15) is 32.3 Å². The Hall–Kier alpha value is -1.39. The van der Waals surface area contributed by atoms with Gasteiger partial charge in [-0.2, -0.15) is 0 Å². The molecule has 0 bridgehead atoms. The van der Waals surface area contributed by atoms with Gasteiger partial charge in [0.05, 0.1) is 0 Å². The summed E-state index contributed by atoms with van der Waals surface area (Å²) in [4.78, 5) is 17.1. The van der Waals surface area contributed by atoms with Crippen molar-refractivity contribution in [2.45, 2.75) is 39.7 Å². The maximum atomic E-state index is 12.6. The fourth-order valence-electron chi connectivity index (χ4n) is 3.41. The zero-order valence-electron chi connectivity index (χ0n) is 14.9. The highest BCUT2D eigenvalue weighted by molar-refractivity contribution is 5.95. The predicted molar refractivity (Wildman–Crippen MR) is 94.8 cm³/mol. The van der Waals surface area contributed by atoms with E-state index in [0.717, 1.165) is 38.2 Å². The van der Waals surface area contributed by atoms with E-state index < -0.39 is 0 Å². The third-order valence-corrected chi connectivity index (χ3v) is 4.36. The lowest BCUT2D eigenvalue weighted by atomic mass is 10.0. The lowest BCUT2D eigenvalue weighted by molar-refractivity contribution is -0.122. The third kappa shape index (κ3) is 5.05. The molecule has 4 nitrogen and oxygen atoms in total. The molecule has 0 spiro atoms. The summed E-state index contributed by atoms with van der Waals surface area (Å²) in [6.07, 6.45) is 2.05. The number of benzene rings is 1. The van der Waals surface area contributed by atoms with Crippen LogP contribution in [0.4, 0.5) is 5.69 Å². The molecule has 0 aliphatic carbocycles. The summed E-state index contributed by atoms with van der Waals surface area (Å²) >= 11 is 0. The predicted octanol–water partition coefficient (Wildman–Crippen LogP) is 3.09. The number of carbonyl (C=O) groups excluding carboxylic acids is 1. The number of hydrogen-bond donors (Lipinski definition) is 0. The van der Waals surface area contributed by atoms with Crippen molar-refractivity contribution in [3.05, 3.63) is 29.8 Å². The highest BCUT2D eigenvalue weighted by atomic mass is 16.5. The SMILES string of the molecule is COCC(=O)N(c1cccc(C)c1)C1CCN(CC(C)C)CC1. The standard InChI is InChI=1S/C19H30N2O2/c1-15(2)13-20-10-8-17(9-11-20)21(19(22)14-23-4)18-7-5-6-16(3)12-18/h5-7,12,15,17H,8-11,13-14H2,1-4H3. The van der Waals surface area contributed by atoms with Crippen molar-refractivity contribution < 1.29 is 9.53 Å². The van der Waals surface area contributed by atoms with Gasteiger partial charge in [0.25, 0.3) is 5.91 Å². The molecule has 0 saturated carbocycles. The van der Waals surface area contributed by atoms with Gasteiger partial charge in [0.15, 0.2) is 0 Å². The first-order valence-corrected chi connectivity index (χ1v) is 8.61. The summed E-state index contributed by atoms with van der Waals surface area (Å²) in [7, 11) is 1.58. The van der Waals surface area contributed by atoms with Crippen molar-refractivity contribution in [1.82, 2.24) is 4.90 Å². The van der Waals surface area contributed by atoms with Crippen molar-refractivity contribution in [2.75, 3.05) is 38.3 Å². The number of rotatable bonds is 6. The van der Waals surface area contributed by atoms with E-state index in [1.165, 1.54) is 5.56 Å². The van der Waals surface area contributed by atoms with Crippen molar-refractivity contribution >= 4 is 11.6 Å². The Morgan fingerprint density at radius 3 is 2.61 bits per heavy atom. The molecular formula is C19H30N2O2. The Bertz CT molecular complexity index is 508. The molecule has 0 unspecified atom stereocenters. The van der Waals surface area contributed by atoms with Crippen LogP contribution in [-0.4, -0.2) is 50.2 Å². The molecule has 128 valence electrons. The Balaban J connectivity index is 2.11. The summed E-state index contributed by atoms with van der Waals surface area (Å²) in [5.41, 5.74) is 2.17. The summed E-state index contributed by atoms with van der Waals surface area (Å²) < 4.78 is 5.10. The molecule has 0 N–H and O–H groups in total. The number of nitrogens with zero attached hydrogens (tertiary/aromatic N) is 2. The molecular weight excluding hydrogens is 288 g/mol. The van der Waals surface area contributed by atoms with Gasteiger partial charge in [0.2, 0.25) is 0 Å². The molecule has 1 heterocycles. The molecule has 1 aliphatic heterocycles. The van der Waals surface area contributed by atoms with E-state index in [-0.39, 0.29) is 18.6 Å². The number of hydrogen-bond acceptors (Lipinski definition) is 3. The molecule has 0 aromatic heterocycles. The molecule has 0 radical (unpaired) electrons. The van der Waals surface area contributed by atoms with Gasteiger partial charge in [0, 0.05) is 38.5 Å². The quantitative estimate of drug-likeness (QED) is 0.808. The van der Waals surface area contributed by atoms with Gasteiger partial charge in [-0.3, -0.25) is 4.79 Å². The Kier molecular flexibility index (Phi) is 6.60. The maximum Gasteiger partial charge on any atom is 0.253 e. The highest BCUT2D eigenvalue weighted by Gasteiger charge is 2.29. The normalized spacial score (nSPS) is 16.7. The van der Waals surface area contributed by atoms with Crippen LogP contribution in [-0.2, 0) is 9.53 Å². The summed E-state index contributed by atoms with van der Waals surface area (Å²) in [5, 5.41) is 0. The number of ether oxygens (including phenoxy) is 1. The molecule has 23 heavy (non-hydrogen) atoms. The summed E-state index contributed by atoms with van der Waals surface area (Å²) in [6, 6.07) is 8.47. The molecule has 2 rings (SSSR count). The molecule has 1 amide bonds. The minimum absolute atomic E-state index is 0.0559. The zero-order chi connectivity index (χ0) is 16.8. The molecule has 4 heteroatoms. The molecule has 1 aromatic carbocycles. The molecule has 1 aliphatic rings. The van der Waals surface area contributed by atoms with E-state index in [2.05, 4.69) is 37.8 Å². The Morgan fingerprint density at radius 2 is 2.04 bits per heavy atom. The van der Waals surface area contributed by atoms with Crippen molar-refractivity contribution in [3.63, 3.8) is 0 Å². The van der Waals surface area contributed by atoms with E-state index in [1.807, 2.05) is 17.0 Å². The first kappa shape index (κ1) is 18.0. The van der Waals surface area contributed by atoms with Crippen LogP contribution in [0, 0.1) is 12.8 Å². The second kappa shape index (κ2) is 8.46. The van der Waals surface area contributed by atoms with Gasteiger partial charge >= 0.3 is 0 Å². The second-order valence-corrected chi connectivity index (χ2v) is 6.96. The van der Waals surface area contributed by atoms with Gasteiger partial charge in [-0.1, -0.05) is 26.0 Å². The first-order valence-electron chi connectivity index (χ1n) is 8.61. The van der Waals surface area contributed by atoms with Crippen LogP contribution in [0.3, 0.4) is 0 Å². The number of amides is 1. The summed E-state index contributed by atoms with van der Waals surface area (Å²) in [5.74, 6) is 0.745. The fraction of sp³-hybridized carbons (Fsp3) is 0.632. The van der Waals surface area contributed by atoms with Gasteiger partial charge < -0.3 is 14.5 Å². The second-order valence-electron chi connectivity index (χ2n) is 6.96. The number of methoxy groups -OCH3 is 1. The van der Waals surface area contributed by atoms with Crippen molar-refractivity contribution in [3.8, 4) is 0 Å². The topological polar surface area (TPSA) is 32.8 Å². The van der Waals surface area contributed by atoms with E-state index in [1.54, 1.807) is 7.11 Å². The molecule has 1 saturated heterocycles. The van der Waals surface area contributed by atoms with E-state index in [9.17, 15) is 4.79 Å². The number of aryl methyl sites for hydroxylation is 1. The maximum absolute atomic E-state index is 12.6. The lowest BCUT2D eigenvalue weighted by Gasteiger charge is -2.39. The van der Waals surface area contributed by atoms with Gasteiger partial charge in [-0.05, 0) is 43.4 Å². The minimum Gasteiger partial charge on any atom is -0.375 e. The summed E-state index contributed by atoms with van der Waals surface area (Å²) in [6.45, 7) is 9.98.